The molecular weight excluding hydrogens is 367 g/mol. The third kappa shape index (κ3) is 4.83. The number of hydrogen-bond donors (Lipinski definition) is 1. The molecule has 2 aromatic rings. The Balaban J connectivity index is 0.00000225. The number of aromatic nitrogens is 2. The molecule has 1 fully saturated rings. The fourth-order valence-electron chi connectivity index (χ4n) is 2.60. The molecule has 0 spiro atoms. The van der Waals surface area contributed by atoms with Crippen molar-refractivity contribution >= 4 is 24.0 Å². The van der Waals surface area contributed by atoms with Crippen LogP contribution in [0.2, 0.25) is 5.02 Å². The van der Waals surface area contributed by atoms with Gasteiger partial charge in [-0.05, 0) is 25.2 Å². The minimum atomic E-state index is 0. The fraction of sp³-hybridized carbons (Fsp3) is 0.500. The summed E-state index contributed by atoms with van der Waals surface area (Å²) in [7, 11) is 3.69. The Labute approximate surface area is 158 Å². The van der Waals surface area contributed by atoms with Gasteiger partial charge in [-0.25, -0.2) is 0 Å². The van der Waals surface area contributed by atoms with Crippen molar-refractivity contribution < 1.29 is 14.0 Å². The quantitative estimate of drug-likeness (QED) is 0.761. The second kappa shape index (κ2) is 9.35. The molecular formula is C16H22Cl2N4O3. The van der Waals surface area contributed by atoms with E-state index in [0.29, 0.717) is 41.3 Å². The number of methoxy groups -OCH3 is 1. The number of nitrogens with zero attached hydrogens (tertiary/aromatic N) is 3. The molecule has 2 heterocycles. The summed E-state index contributed by atoms with van der Waals surface area (Å²) in [6.45, 7) is 3.62. The lowest BCUT2D eigenvalue weighted by atomic mass is 10.2. The summed E-state index contributed by atoms with van der Waals surface area (Å²) < 4.78 is 16.2. The summed E-state index contributed by atoms with van der Waals surface area (Å²) in [5, 5.41) is 8.07. The molecule has 1 aromatic carbocycles. The smallest absolute Gasteiger partial charge is 0.261 e. The van der Waals surface area contributed by atoms with Crippen molar-refractivity contribution in [2.24, 2.45) is 0 Å². The van der Waals surface area contributed by atoms with Crippen molar-refractivity contribution in [3.63, 3.8) is 0 Å². The van der Waals surface area contributed by atoms with Crippen LogP contribution >= 0.6 is 24.0 Å². The van der Waals surface area contributed by atoms with Crippen molar-refractivity contribution in [2.45, 2.75) is 6.04 Å². The van der Waals surface area contributed by atoms with E-state index in [1.54, 1.807) is 25.3 Å². The molecule has 138 valence electrons. The molecule has 0 saturated carbocycles. The molecule has 1 aliphatic heterocycles. The Morgan fingerprint density at radius 3 is 3.00 bits per heavy atom. The molecule has 1 aliphatic rings. The second-order valence-electron chi connectivity index (χ2n) is 5.64. The molecule has 1 atom stereocenters. The average molecular weight is 389 g/mol. The molecule has 7 nitrogen and oxygen atoms in total. The van der Waals surface area contributed by atoms with Crippen molar-refractivity contribution in [1.29, 1.82) is 0 Å². The minimum absolute atomic E-state index is 0. The van der Waals surface area contributed by atoms with E-state index in [4.69, 9.17) is 25.6 Å². The van der Waals surface area contributed by atoms with Crippen molar-refractivity contribution in [1.82, 2.24) is 20.4 Å². The third-order valence-corrected chi connectivity index (χ3v) is 4.20. The van der Waals surface area contributed by atoms with Gasteiger partial charge in [-0.15, -0.1) is 12.4 Å². The van der Waals surface area contributed by atoms with Gasteiger partial charge in [0.25, 0.3) is 5.89 Å². The number of rotatable bonds is 6. The van der Waals surface area contributed by atoms with Gasteiger partial charge in [0, 0.05) is 31.8 Å². The minimum Gasteiger partial charge on any atom is -0.490 e. The maximum absolute atomic E-state index is 6.12. The number of halogens is 2. The Morgan fingerprint density at radius 1 is 1.40 bits per heavy atom. The SMILES string of the molecule is COCCOc1ccc(Cl)cc1-c1nc(C2CNCCN2C)no1.Cl. The maximum atomic E-state index is 6.12. The second-order valence-corrected chi connectivity index (χ2v) is 6.08. The number of nitrogens with one attached hydrogen (secondary N) is 1. The normalized spacial score (nSPS) is 18.0. The van der Waals surface area contributed by atoms with Crippen molar-refractivity contribution in [2.75, 3.05) is 47.0 Å². The van der Waals surface area contributed by atoms with Crippen LogP contribution in [-0.4, -0.2) is 62.0 Å². The summed E-state index contributed by atoms with van der Waals surface area (Å²) in [6.07, 6.45) is 0. The predicted octanol–water partition coefficient (Wildman–Crippen LogP) is 2.41. The van der Waals surface area contributed by atoms with Crippen LogP contribution in [0, 0.1) is 0 Å². The van der Waals surface area contributed by atoms with E-state index in [1.165, 1.54) is 0 Å². The van der Waals surface area contributed by atoms with E-state index in [1.807, 2.05) is 0 Å². The molecule has 25 heavy (non-hydrogen) atoms. The summed E-state index contributed by atoms with van der Waals surface area (Å²) in [5.41, 5.74) is 0.684. The van der Waals surface area contributed by atoms with E-state index in [0.717, 1.165) is 19.6 Å². The Morgan fingerprint density at radius 2 is 2.24 bits per heavy atom. The van der Waals surface area contributed by atoms with Crippen molar-refractivity contribution in [3.05, 3.63) is 29.0 Å². The third-order valence-electron chi connectivity index (χ3n) is 3.97. The Hall–Kier alpha value is -1.38. The van der Waals surface area contributed by atoms with Crippen LogP contribution in [0.5, 0.6) is 5.75 Å². The highest BCUT2D eigenvalue weighted by molar-refractivity contribution is 6.30. The zero-order valence-corrected chi connectivity index (χ0v) is 15.8. The molecule has 0 bridgehead atoms. The lowest BCUT2D eigenvalue weighted by Gasteiger charge is -2.30. The largest absolute Gasteiger partial charge is 0.490 e. The van der Waals surface area contributed by atoms with Crippen LogP contribution in [-0.2, 0) is 4.74 Å². The van der Waals surface area contributed by atoms with Gasteiger partial charge in [0.05, 0.1) is 18.2 Å². The van der Waals surface area contributed by atoms with Gasteiger partial charge >= 0.3 is 0 Å². The first-order valence-corrected chi connectivity index (χ1v) is 8.23. The molecule has 0 aliphatic carbocycles. The highest BCUT2D eigenvalue weighted by Crippen LogP contribution is 2.32. The Bertz CT molecular complexity index is 683. The lowest BCUT2D eigenvalue weighted by Crippen LogP contribution is -2.44. The summed E-state index contributed by atoms with van der Waals surface area (Å²) >= 11 is 6.12. The molecule has 1 N–H and O–H groups in total. The van der Waals surface area contributed by atoms with Gasteiger partial charge in [-0.2, -0.15) is 4.98 Å². The topological polar surface area (TPSA) is 72.7 Å². The maximum Gasteiger partial charge on any atom is 0.261 e. The standard InChI is InChI=1S/C16H21ClN4O3.ClH/c1-21-6-5-18-10-13(21)15-19-16(24-20-15)12-9-11(17)3-4-14(12)23-8-7-22-2;/h3-4,9,13,18H,5-8,10H2,1-2H3;1H. The zero-order valence-electron chi connectivity index (χ0n) is 14.2. The van der Waals surface area contributed by atoms with Gasteiger partial charge in [0.2, 0.25) is 0 Å². The molecule has 9 heteroatoms. The number of ether oxygens (including phenoxy) is 2. The van der Waals surface area contributed by atoms with Gasteiger partial charge < -0.3 is 19.3 Å². The molecule has 0 radical (unpaired) electrons. The van der Waals surface area contributed by atoms with Crippen LogP contribution < -0.4 is 10.1 Å². The Kier molecular flexibility index (Phi) is 7.46. The van der Waals surface area contributed by atoms with Gasteiger partial charge in [-0.1, -0.05) is 16.8 Å². The van der Waals surface area contributed by atoms with E-state index in [9.17, 15) is 0 Å². The molecule has 0 amide bonds. The van der Waals surface area contributed by atoms with Gasteiger partial charge in [-0.3, -0.25) is 4.90 Å². The van der Waals surface area contributed by atoms with E-state index >= 15 is 0 Å². The van der Waals surface area contributed by atoms with Gasteiger partial charge in [0.15, 0.2) is 5.82 Å². The van der Waals surface area contributed by atoms with E-state index in [-0.39, 0.29) is 18.4 Å². The van der Waals surface area contributed by atoms with Crippen LogP contribution in [0.3, 0.4) is 0 Å². The van der Waals surface area contributed by atoms with Crippen molar-refractivity contribution in [3.8, 4) is 17.2 Å². The van der Waals surface area contributed by atoms with Crippen LogP contribution in [0.1, 0.15) is 11.9 Å². The highest BCUT2D eigenvalue weighted by atomic mass is 35.5. The number of piperazine rings is 1. The summed E-state index contributed by atoms with van der Waals surface area (Å²) in [6, 6.07) is 5.42. The van der Waals surface area contributed by atoms with E-state index < -0.39 is 0 Å². The molecule has 1 saturated heterocycles. The van der Waals surface area contributed by atoms with E-state index in [2.05, 4.69) is 27.4 Å². The lowest BCUT2D eigenvalue weighted by molar-refractivity contribution is 0.146. The molecule has 3 rings (SSSR count). The zero-order chi connectivity index (χ0) is 16.9. The summed E-state index contributed by atoms with van der Waals surface area (Å²) in [4.78, 5) is 6.76. The summed E-state index contributed by atoms with van der Waals surface area (Å²) in [5.74, 6) is 1.70. The van der Waals surface area contributed by atoms with Crippen LogP contribution in [0.15, 0.2) is 22.7 Å². The number of hydrogen-bond acceptors (Lipinski definition) is 7. The number of benzene rings is 1. The highest BCUT2D eigenvalue weighted by Gasteiger charge is 2.26. The first-order valence-electron chi connectivity index (χ1n) is 7.85. The average Bonchev–Trinajstić information content (AvgIpc) is 3.06. The first-order chi connectivity index (χ1) is 11.7. The van der Waals surface area contributed by atoms with Gasteiger partial charge in [0.1, 0.15) is 12.4 Å². The first kappa shape index (κ1) is 19.9. The predicted molar refractivity (Wildman–Crippen MR) is 97.6 cm³/mol. The molecule has 1 aromatic heterocycles. The number of likely N-dealkylation sites (N-methyl/N-ethyl adjacent to an activating group) is 1. The molecule has 1 unspecified atom stereocenters. The monoisotopic (exact) mass is 388 g/mol. The fourth-order valence-corrected chi connectivity index (χ4v) is 2.78. The van der Waals surface area contributed by atoms with Crippen LogP contribution in [0.4, 0.5) is 0 Å². The van der Waals surface area contributed by atoms with Crippen LogP contribution in [0.25, 0.3) is 11.5 Å².